The lowest BCUT2D eigenvalue weighted by Gasteiger charge is -2.09. The molecular formula is C12H8F4N2O. The second-order valence-electron chi connectivity index (χ2n) is 3.91. The molecule has 0 fully saturated rings. The molecule has 0 atom stereocenters. The number of hydrogen-bond donors (Lipinski definition) is 1. The molecule has 0 aliphatic rings. The summed E-state index contributed by atoms with van der Waals surface area (Å²) in [5.74, 6) is -1.10. The van der Waals surface area contributed by atoms with Gasteiger partial charge in [-0.1, -0.05) is 6.07 Å². The van der Waals surface area contributed by atoms with E-state index in [1.165, 1.54) is 6.92 Å². The summed E-state index contributed by atoms with van der Waals surface area (Å²) in [6.07, 6.45) is -4.75. The highest BCUT2D eigenvalue weighted by atomic mass is 19.4. The fraction of sp³-hybridized carbons (Fsp3) is 0.167. The molecule has 1 aromatic carbocycles. The van der Waals surface area contributed by atoms with Gasteiger partial charge in [0.15, 0.2) is 0 Å². The van der Waals surface area contributed by atoms with Gasteiger partial charge in [-0.3, -0.25) is 4.79 Å². The van der Waals surface area contributed by atoms with E-state index in [0.717, 1.165) is 12.1 Å². The first-order valence-electron chi connectivity index (χ1n) is 5.22. The first kappa shape index (κ1) is 13.3. The molecule has 0 spiro atoms. The third-order valence-electron chi connectivity index (χ3n) is 2.43. The van der Waals surface area contributed by atoms with Crippen LogP contribution in [0, 0.1) is 12.7 Å². The van der Waals surface area contributed by atoms with E-state index in [2.05, 4.69) is 9.97 Å². The van der Waals surface area contributed by atoms with Crippen molar-refractivity contribution in [1.82, 2.24) is 9.97 Å². The van der Waals surface area contributed by atoms with Crippen LogP contribution in [-0.2, 0) is 6.18 Å². The fourth-order valence-corrected chi connectivity index (χ4v) is 1.63. The summed E-state index contributed by atoms with van der Waals surface area (Å²) >= 11 is 0. The van der Waals surface area contributed by atoms with Gasteiger partial charge in [-0.05, 0) is 19.1 Å². The van der Waals surface area contributed by atoms with E-state index in [1.54, 1.807) is 0 Å². The zero-order chi connectivity index (χ0) is 14.2. The minimum atomic E-state index is -4.75. The zero-order valence-electron chi connectivity index (χ0n) is 9.68. The van der Waals surface area contributed by atoms with Crippen LogP contribution in [0.4, 0.5) is 17.6 Å². The number of nitrogens with one attached hydrogen (secondary N) is 1. The quantitative estimate of drug-likeness (QED) is 0.811. The average Bonchev–Trinajstić information content (AvgIpc) is 2.25. The second-order valence-corrected chi connectivity index (χ2v) is 3.91. The number of rotatable bonds is 1. The van der Waals surface area contributed by atoms with Crippen LogP contribution in [0.25, 0.3) is 11.3 Å². The number of aromatic nitrogens is 2. The van der Waals surface area contributed by atoms with Crippen LogP contribution in [-0.4, -0.2) is 9.97 Å². The van der Waals surface area contributed by atoms with Crippen molar-refractivity contribution in [2.24, 2.45) is 0 Å². The predicted molar refractivity (Wildman–Crippen MR) is 60.0 cm³/mol. The first-order valence-corrected chi connectivity index (χ1v) is 5.22. The van der Waals surface area contributed by atoms with Crippen molar-refractivity contribution in [2.45, 2.75) is 13.1 Å². The molecule has 2 rings (SSSR count). The minimum Gasteiger partial charge on any atom is -0.311 e. The largest absolute Gasteiger partial charge is 0.419 e. The molecule has 0 aliphatic carbocycles. The first-order chi connectivity index (χ1) is 8.77. The Balaban J connectivity index is 2.53. The van der Waals surface area contributed by atoms with Crippen LogP contribution in [0.1, 0.15) is 11.4 Å². The maximum atomic E-state index is 13.4. The fourth-order valence-electron chi connectivity index (χ4n) is 1.63. The van der Waals surface area contributed by atoms with Gasteiger partial charge in [0.25, 0.3) is 5.56 Å². The van der Waals surface area contributed by atoms with Crippen LogP contribution in [0.2, 0.25) is 0 Å². The summed E-state index contributed by atoms with van der Waals surface area (Å²) in [6.45, 7) is 1.52. The summed E-state index contributed by atoms with van der Waals surface area (Å²) in [5.41, 5.74) is -1.57. The molecule has 0 radical (unpaired) electrons. The van der Waals surface area contributed by atoms with Crippen LogP contribution in [0.5, 0.6) is 0 Å². The molecule has 0 amide bonds. The van der Waals surface area contributed by atoms with Gasteiger partial charge in [-0.15, -0.1) is 0 Å². The third-order valence-corrected chi connectivity index (χ3v) is 2.43. The highest BCUT2D eigenvalue weighted by Crippen LogP contribution is 2.32. The van der Waals surface area contributed by atoms with Gasteiger partial charge in [0, 0.05) is 11.6 Å². The van der Waals surface area contributed by atoms with Crippen LogP contribution in [0.3, 0.4) is 0 Å². The van der Waals surface area contributed by atoms with Gasteiger partial charge in [-0.25, -0.2) is 9.37 Å². The van der Waals surface area contributed by atoms with E-state index in [0.29, 0.717) is 18.0 Å². The molecule has 0 unspecified atom stereocenters. The number of nitrogens with zero attached hydrogens (tertiary/aromatic N) is 1. The Labute approximate surface area is 104 Å². The number of benzene rings is 1. The SMILES string of the molecule is Cc1nc(-c2ccc(C(F)(F)F)c(F)c2)cc(=O)[nH]1. The number of aryl methyl sites for hydroxylation is 1. The third kappa shape index (κ3) is 2.81. The summed E-state index contributed by atoms with van der Waals surface area (Å²) in [4.78, 5) is 17.6. The molecule has 2 aromatic rings. The molecule has 3 nitrogen and oxygen atoms in total. The number of H-pyrrole nitrogens is 1. The normalized spacial score (nSPS) is 11.6. The lowest BCUT2D eigenvalue weighted by Crippen LogP contribution is -2.10. The smallest absolute Gasteiger partial charge is 0.311 e. The Hall–Kier alpha value is -2.18. The lowest BCUT2D eigenvalue weighted by atomic mass is 10.1. The number of alkyl halides is 3. The van der Waals surface area contributed by atoms with Crippen LogP contribution in [0.15, 0.2) is 29.1 Å². The molecule has 0 saturated heterocycles. The standard InChI is InChI=1S/C12H8F4N2O/c1-6-17-10(5-11(19)18-6)7-2-3-8(9(13)4-7)12(14,15)16/h2-5H,1H3,(H,17,18,19). The topological polar surface area (TPSA) is 45.8 Å². The Morgan fingerprint density at radius 2 is 1.89 bits per heavy atom. The van der Waals surface area contributed by atoms with Gasteiger partial charge < -0.3 is 4.98 Å². The summed E-state index contributed by atoms with van der Waals surface area (Å²) in [7, 11) is 0. The van der Waals surface area contributed by atoms with E-state index in [4.69, 9.17) is 0 Å². The molecule has 19 heavy (non-hydrogen) atoms. The van der Waals surface area contributed by atoms with Gasteiger partial charge >= 0.3 is 6.18 Å². The van der Waals surface area contributed by atoms with E-state index in [-0.39, 0.29) is 11.3 Å². The lowest BCUT2D eigenvalue weighted by molar-refractivity contribution is -0.139. The summed E-state index contributed by atoms with van der Waals surface area (Å²) in [6, 6.07) is 3.51. The molecule has 1 heterocycles. The minimum absolute atomic E-state index is 0.111. The molecule has 0 saturated carbocycles. The van der Waals surface area contributed by atoms with Crippen molar-refractivity contribution in [3.8, 4) is 11.3 Å². The van der Waals surface area contributed by atoms with Crippen molar-refractivity contribution in [2.75, 3.05) is 0 Å². The number of hydrogen-bond acceptors (Lipinski definition) is 2. The number of halogens is 4. The molecule has 7 heteroatoms. The molecule has 100 valence electrons. The van der Waals surface area contributed by atoms with Crippen molar-refractivity contribution >= 4 is 0 Å². The molecule has 1 aromatic heterocycles. The Morgan fingerprint density at radius 3 is 2.42 bits per heavy atom. The molecular weight excluding hydrogens is 264 g/mol. The van der Waals surface area contributed by atoms with Gasteiger partial charge in [0.2, 0.25) is 0 Å². The molecule has 0 bridgehead atoms. The Kier molecular flexibility index (Phi) is 3.13. The van der Waals surface area contributed by atoms with E-state index < -0.39 is 23.1 Å². The maximum absolute atomic E-state index is 13.4. The average molecular weight is 272 g/mol. The molecule has 1 N–H and O–H groups in total. The Morgan fingerprint density at radius 1 is 1.21 bits per heavy atom. The highest BCUT2D eigenvalue weighted by Gasteiger charge is 2.33. The van der Waals surface area contributed by atoms with E-state index >= 15 is 0 Å². The Bertz CT molecular complexity index is 676. The van der Waals surface area contributed by atoms with E-state index in [9.17, 15) is 22.4 Å². The van der Waals surface area contributed by atoms with Gasteiger partial charge in [0.1, 0.15) is 11.6 Å². The van der Waals surface area contributed by atoms with Crippen molar-refractivity contribution < 1.29 is 17.6 Å². The highest BCUT2D eigenvalue weighted by molar-refractivity contribution is 5.59. The van der Waals surface area contributed by atoms with Crippen LogP contribution >= 0.6 is 0 Å². The number of aromatic amines is 1. The zero-order valence-corrected chi connectivity index (χ0v) is 9.68. The van der Waals surface area contributed by atoms with Crippen LogP contribution < -0.4 is 5.56 Å². The maximum Gasteiger partial charge on any atom is 0.419 e. The summed E-state index contributed by atoms with van der Waals surface area (Å²) < 4.78 is 50.6. The predicted octanol–water partition coefficient (Wildman–Crippen LogP) is 2.90. The van der Waals surface area contributed by atoms with Crippen molar-refractivity contribution in [3.05, 3.63) is 51.8 Å². The second kappa shape index (κ2) is 4.49. The van der Waals surface area contributed by atoms with Gasteiger partial charge in [0.05, 0.1) is 11.3 Å². The van der Waals surface area contributed by atoms with Crippen molar-refractivity contribution in [3.63, 3.8) is 0 Å². The van der Waals surface area contributed by atoms with Crippen molar-refractivity contribution in [1.29, 1.82) is 0 Å². The summed E-state index contributed by atoms with van der Waals surface area (Å²) in [5, 5.41) is 0. The van der Waals surface area contributed by atoms with E-state index in [1.807, 2.05) is 0 Å². The molecule has 0 aliphatic heterocycles. The monoisotopic (exact) mass is 272 g/mol. The van der Waals surface area contributed by atoms with Gasteiger partial charge in [-0.2, -0.15) is 13.2 Å².